The molecule has 0 aliphatic rings. The summed E-state index contributed by atoms with van der Waals surface area (Å²) in [5.41, 5.74) is 2.49. The number of aromatic hydroxyl groups is 1. The van der Waals surface area contributed by atoms with Gasteiger partial charge < -0.3 is 5.11 Å². The molecular weight excluding hydrogens is 425 g/mol. The molecule has 31 heavy (non-hydrogen) atoms. The average Bonchev–Trinajstić information content (AvgIpc) is 2.75. The van der Waals surface area contributed by atoms with Crippen molar-refractivity contribution in [3.63, 3.8) is 0 Å². The van der Waals surface area contributed by atoms with Crippen molar-refractivity contribution in [1.82, 2.24) is 9.97 Å². The summed E-state index contributed by atoms with van der Waals surface area (Å²) >= 11 is 6.08. The van der Waals surface area contributed by atoms with Crippen LogP contribution >= 0.6 is 11.6 Å². The fraction of sp³-hybridized carbons (Fsp3) is 0.167. The Kier molecular flexibility index (Phi) is 5.58. The quantitative estimate of drug-likeness (QED) is 0.383. The number of benzene rings is 2. The Morgan fingerprint density at radius 3 is 2.45 bits per heavy atom. The fourth-order valence-electron chi connectivity index (χ4n) is 3.66. The molecule has 0 fully saturated rings. The number of phenols is 1. The highest BCUT2D eigenvalue weighted by molar-refractivity contribution is 6.31. The maximum atomic E-state index is 13.0. The second-order valence-corrected chi connectivity index (χ2v) is 7.79. The van der Waals surface area contributed by atoms with Crippen molar-refractivity contribution in [3.8, 4) is 5.75 Å². The van der Waals surface area contributed by atoms with Crippen LogP contribution in [0, 0.1) is 6.92 Å². The number of nitrogens with zero attached hydrogens (tertiary/aromatic N) is 2. The van der Waals surface area contributed by atoms with Crippen LogP contribution in [0.1, 0.15) is 33.9 Å². The molecule has 2 heterocycles. The number of aryl methyl sites for hydroxylation is 1. The van der Waals surface area contributed by atoms with E-state index in [1.54, 1.807) is 24.5 Å². The molecule has 0 radical (unpaired) electrons. The minimum atomic E-state index is -4.42. The lowest BCUT2D eigenvalue weighted by Crippen LogP contribution is -2.09. The molecule has 0 saturated heterocycles. The topological polar surface area (TPSA) is 46.0 Å². The molecule has 0 aliphatic heterocycles. The molecule has 158 valence electrons. The lowest BCUT2D eigenvalue weighted by molar-refractivity contribution is -0.137. The van der Waals surface area contributed by atoms with Gasteiger partial charge in [-0.1, -0.05) is 41.9 Å². The van der Waals surface area contributed by atoms with Crippen LogP contribution in [0.4, 0.5) is 13.2 Å². The Bertz CT molecular complexity index is 1240. The molecule has 0 amide bonds. The molecule has 0 saturated carbocycles. The molecule has 0 aliphatic carbocycles. The third kappa shape index (κ3) is 4.35. The van der Waals surface area contributed by atoms with Crippen LogP contribution < -0.4 is 0 Å². The Morgan fingerprint density at radius 1 is 1.03 bits per heavy atom. The zero-order valence-electron chi connectivity index (χ0n) is 16.5. The van der Waals surface area contributed by atoms with Crippen LogP contribution in [0.15, 0.2) is 67.0 Å². The normalized spacial score (nSPS) is 12.8. The SMILES string of the molecule is Cc1cc(CC(c2ccc(C(F)(F)F)cc2)c2ccc3cccnc3c2O)ncc1Cl. The Labute approximate surface area is 182 Å². The van der Waals surface area contributed by atoms with Crippen molar-refractivity contribution in [2.45, 2.75) is 25.4 Å². The van der Waals surface area contributed by atoms with E-state index in [0.717, 1.165) is 23.1 Å². The van der Waals surface area contributed by atoms with E-state index in [9.17, 15) is 18.3 Å². The molecule has 0 bridgehead atoms. The molecule has 1 atom stereocenters. The van der Waals surface area contributed by atoms with E-state index in [-0.39, 0.29) is 5.75 Å². The third-order valence-corrected chi connectivity index (χ3v) is 5.71. The molecule has 7 heteroatoms. The van der Waals surface area contributed by atoms with Gasteiger partial charge in [0, 0.05) is 41.4 Å². The maximum Gasteiger partial charge on any atom is 0.416 e. The highest BCUT2D eigenvalue weighted by Gasteiger charge is 2.30. The van der Waals surface area contributed by atoms with Crippen LogP contribution in [-0.4, -0.2) is 15.1 Å². The first-order valence-corrected chi connectivity index (χ1v) is 9.96. The van der Waals surface area contributed by atoms with Crippen molar-refractivity contribution < 1.29 is 18.3 Å². The van der Waals surface area contributed by atoms with Gasteiger partial charge in [-0.25, -0.2) is 0 Å². The molecule has 4 rings (SSSR count). The van der Waals surface area contributed by atoms with Gasteiger partial charge in [-0.3, -0.25) is 9.97 Å². The minimum Gasteiger partial charge on any atom is -0.505 e. The zero-order chi connectivity index (χ0) is 22.2. The van der Waals surface area contributed by atoms with E-state index in [2.05, 4.69) is 9.97 Å². The molecule has 0 spiro atoms. The summed E-state index contributed by atoms with van der Waals surface area (Å²) in [6, 6.07) is 14.1. The number of alkyl halides is 3. The van der Waals surface area contributed by atoms with Gasteiger partial charge >= 0.3 is 6.18 Å². The molecule has 1 N–H and O–H groups in total. The number of pyridine rings is 2. The second kappa shape index (κ2) is 8.19. The number of aromatic nitrogens is 2. The second-order valence-electron chi connectivity index (χ2n) is 7.38. The molecular formula is C24H18ClF3N2O. The molecule has 4 aromatic rings. The zero-order valence-corrected chi connectivity index (χ0v) is 17.2. The average molecular weight is 443 g/mol. The van der Waals surface area contributed by atoms with Crippen molar-refractivity contribution in [1.29, 1.82) is 0 Å². The smallest absolute Gasteiger partial charge is 0.416 e. The summed E-state index contributed by atoms with van der Waals surface area (Å²) in [5.74, 6) is -0.421. The van der Waals surface area contributed by atoms with Gasteiger partial charge in [0.15, 0.2) is 0 Å². The number of rotatable bonds is 4. The first-order chi connectivity index (χ1) is 14.7. The molecule has 3 nitrogen and oxygen atoms in total. The third-order valence-electron chi connectivity index (χ3n) is 5.31. The van der Waals surface area contributed by atoms with Crippen molar-refractivity contribution >= 4 is 22.5 Å². The largest absolute Gasteiger partial charge is 0.505 e. The van der Waals surface area contributed by atoms with Crippen LogP contribution in [0.2, 0.25) is 5.02 Å². The minimum absolute atomic E-state index is 0.00804. The highest BCUT2D eigenvalue weighted by atomic mass is 35.5. The fourth-order valence-corrected chi connectivity index (χ4v) is 3.76. The van der Waals surface area contributed by atoms with Crippen molar-refractivity contribution in [2.24, 2.45) is 0 Å². The highest BCUT2D eigenvalue weighted by Crippen LogP contribution is 2.39. The summed E-state index contributed by atoms with van der Waals surface area (Å²) in [6.07, 6.45) is -0.909. The Balaban J connectivity index is 1.83. The van der Waals surface area contributed by atoms with E-state index < -0.39 is 17.7 Å². The summed E-state index contributed by atoms with van der Waals surface area (Å²) in [7, 11) is 0. The lowest BCUT2D eigenvalue weighted by atomic mass is 9.85. The summed E-state index contributed by atoms with van der Waals surface area (Å²) < 4.78 is 39.1. The van der Waals surface area contributed by atoms with Gasteiger partial charge in [-0.2, -0.15) is 13.2 Å². The summed E-state index contributed by atoms with van der Waals surface area (Å²) in [5, 5.41) is 12.3. The number of hydrogen-bond donors (Lipinski definition) is 1. The maximum absolute atomic E-state index is 13.0. The predicted molar refractivity (Wildman–Crippen MR) is 114 cm³/mol. The van der Waals surface area contributed by atoms with Crippen LogP contribution in [-0.2, 0) is 12.6 Å². The monoisotopic (exact) mass is 442 g/mol. The molecule has 1 unspecified atom stereocenters. The van der Waals surface area contributed by atoms with E-state index >= 15 is 0 Å². The van der Waals surface area contributed by atoms with Crippen molar-refractivity contribution in [2.75, 3.05) is 0 Å². The Morgan fingerprint density at radius 2 is 1.77 bits per heavy atom. The first-order valence-electron chi connectivity index (χ1n) is 9.59. The van der Waals surface area contributed by atoms with Gasteiger partial charge in [0.25, 0.3) is 0 Å². The van der Waals surface area contributed by atoms with E-state index in [4.69, 9.17) is 11.6 Å². The molecule has 2 aromatic heterocycles. The van der Waals surface area contributed by atoms with Gasteiger partial charge in [0.2, 0.25) is 0 Å². The van der Waals surface area contributed by atoms with E-state index in [0.29, 0.717) is 33.8 Å². The van der Waals surface area contributed by atoms with Crippen LogP contribution in [0.25, 0.3) is 10.9 Å². The van der Waals surface area contributed by atoms with Gasteiger partial charge in [-0.15, -0.1) is 0 Å². The van der Waals surface area contributed by atoms with Crippen LogP contribution in [0.5, 0.6) is 5.75 Å². The first kappa shape index (κ1) is 21.1. The van der Waals surface area contributed by atoms with Gasteiger partial charge in [-0.05, 0) is 42.3 Å². The summed E-state index contributed by atoms with van der Waals surface area (Å²) in [6.45, 7) is 1.86. The predicted octanol–water partition coefficient (Wildman–Crippen LogP) is 6.69. The van der Waals surface area contributed by atoms with Gasteiger partial charge in [0.1, 0.15) is 11.3 Å². The molecule has 2 aromatic carbocycles. The lowest BCUT2D eigenvalue weighted by Gasteiger charge is -2.21. The standard InChI is InChI=1S/C24H18ClF3N2O/c1-14-11-18(30-13-21(14)25)12-20(15-4-7-17(8-5-15)24(26,27)28)19-9-6-16-3-2-10-29-22(16)23(19)31/h2-11,13,20,31H,12H2,1H3. The number of phenolic OH excluding ortho intramolecular Hbond substituents is 1. The van der Waals surface area contributed by atoms with E-state index in [1.165, 1.54) is 12.1 Å². The number of hydrogen-bond acceptors (Lipinski definition) is 3. The van der Waals surface area contributed by atoms with E-state index in [1.807, 2.05) is 25.1 Å². The number of halogens is 4. The van der Waals surface area contributed by atoms with Crippen LogP contribution in [0.3, 0.4) is 0 Å². The Hall–Kier alpha value is -3.12. The van der Waals surface area contributed by atoms with Crippen molar-refractivity contribution in [3.05, 3.63) is 100.0 Å². The summed E-state index contributed by atoms with van der Waals surface area (Å²) in [4.78, 5) is 8.63. The van der Waals surface area contributed by atoms with Gasteiger partial charge in [0.05, 0.1) is 10.6 Å². The number of fused-ring (bicyclic) bond motifs is 1.